The highest BCUT2D eigenvalue weighted by Crippen LogP contribution is 2.17. The van der Waals surface area contributed by atoms with E-state index in [0.29, 0.717) is 6.54 Å². The van der Waals surface area contributed by atoms with Crippen LogP contribution in [-0.2, 0) is 0 Å². The molecule has 70 valence electrons. The van der Waals surface area contributed by atoms with Crippen LogP contribution in [0.3, 0.4) is 0 Å². The lowest BCUT2D eigenvalue weighted by Gasteiger charge is -2.15. The van der Waals surface area contributed by atoms with E-state index < -0.39 is 0 Å². The minimum Gasteiger partial charge on any atom is -0.391 e. The maximum absolute atomic E-state index is 9.35. The van der Waals surface area contributed by atoms with Gasteiger partial charge in [0.1, 0.15) is 12.1 Å². The van der Waals surface area contributed by atoms with Crippen LogP contribution in [0.1, 0.15) is 12.1 Å². The number of anilines is 1. The van der Waals surface area contributed by atoms with E-state index in [1.165, 1.54) is 0 Å². The molecule has 1 saturated heterocycles. The minimum atomic E-state index is -0.199. The molecule has 0 amide bonds. The van der Waals surface area contributed by atoms with Crippen molar-refractivity contribution in [2.75, 3.05) is 18.0 Å². The van der Waals surface area contributed by atoms with Gasteiger partial charge in [0.2, 0.25) is 0 Å². The summed E-state index contributed by atoms with van der Waals surface area (Å²) in [5.74, 6) is 0.920. The number of aromatic nitrogens is 2. The first-order valence-corrected chi connectivity index (χ1v) is 4.47. The van der Waals surface area contributed by atoms with Crippen LogP contribution >= 0.6 is 0 Å². The summed E-state index contributed by atoms with van der Waals surface area (Å²) < 4.78 is 0. The predicted octanol–water partition coefficient (Wildman–Crippen LogP) is 0.356. The summed E-state index contributed by atoms with van der Waals surface area (Å²) in [5.41, 5.74) is 0.964. The highest BCUT2D eigenvalue weighted by atomic mass is 16.3. The van der Waals surface area contributed by atoms with Crippen molar-refractivity contribution in [3.63, 3.8) is 0 Å². The summed E-state index contributed by atoms with van der Waals surface area (Å²) in [6, 6.07) is 1.94. The number of hydrogen-bond donors (Lipinski definition) is 1. The molecule has 0 bridgehead atoms. The van der Waals surface area contributed by atoms with Gasteiger partial charge >= 0.3 is 0 Å². The van der Waals surface area contributed by atoms with E-state index in [0.717, 1.165) is 24.5 Å². The second-order valence-corrected chi connectivity index (χ2v) is 3.41. The summed E-state index contributed by atoms with van der Waals surface area (Å²) in [7, 11) is 0. The fourth-order valence-corrected chi connectivity index (χ4v) is 1.56. The van der Waals surface area contributed by atoms with Crippen LogP contribution in [0.5, 0.6) is 0 Å². The van der Waals surface area contributed by atoms with E-state index in [9.17, 15) is 5.11 Å². The largest absolute Gasteiger partial charge is 0.391 e. The van der Waals surface area contributed by atoms with Crippen molar-refractivity contribution >= 4 is 5.82 Å². The molecule has 1 N–H and O–H groups in total. The van der Waals surface area contributed by atoms with Crippen molar-refractivity contribution in [1.82, 2.24) is 9.97 Å². The van der Waals surface area contributed by atoms with Gasteiger partial charge in [-0.15, -0.1) is 0 Å². The summed E-state index contributed by atoms with van der Waals surface area (Å²) in [5, 5.41) is 9.35. The fraction of sp³-hybridized carbons (Fsp3) is 0.556. The number of hydrogen-bond acceptors (Lipinski definition) is 4. The molecule has 1 atom stereocenters. The first-order chi connectivity index (χ1) is 6.25. The van der Waals surface area contributed by atoms with Gasteiger partial charge in [0.25, 0.3) is 0 Å². The lowest BCUT2D eigenvalue weighted by atomic mass is 10.3. The first-order valence-electron chi connectivity index (χ1n) is 4.47. The highest BCUT2D eigenvalue weighted by Gasteiger charge is 2.21. The topological polar surface area (TPSA) is 49.2 Å². The average molecular weight is 179 g/mol. The average Bonchev–Trinajstić information content (AvgIpc) is 2.52. The quantitative estimate of drug-likeness (QED) is 0.676. The molecule has 1 aromatic heterocycles. The van der Waals surface area contributed by atoms with Crippen LogP contribution in [0.4, 0.5) is 5.82 Å². The van der Waals surface area contributed by atoms with Crippen molar-refractivity contribution in [2.24, 2.45) is 0 Å². The van der Waals surface area contributed by atoms with Crippen LogP contribution in [0.15, 0.2) is 12.4 Å². The summed E-state index contributed by atoms with van der Waals surface area (Å²) in [4.78, 5) is 10.3. The molecule has 1 aromatic rings. The molecule has 2 heterocycles. The van der Waals surface area contributed by atoms with Crippen LogP contribution in [-0.4, -0.2) is 34.3 Å². The third kappa shape index (κ3) is 1.78. The molecule has 1 aliphatic rings. The van der Waals surface area contributed by atoms with Gasteiger partial charge in [-0.05, 0) is 13.3 Å². The zero-order chi connectivity index (χ0) is 9.26. The smallest absolute Gasteiger partial charge is 0.132 e. The second kappa shape index (κ2) is 3.30. The normalized spacial score (nSPS) is 22.3. The van der Waals surface area contributed by atoms with Crippen molar-refractivity contribution in [3.8, 4) is 0 Å². The van der Waals surface area contributed by atoms with Gasteiger partial charge < -0.3 is 10.0 Å². The SMILES string of the molecule is Cc1cc(N2CCC(O)C2)ncn1. The first kappa shape index (κ1) is 8.44. The molecule has 0 spiro atoms. The molecule has 2 rings (SSSR count). The zero-order valence-corrected chi connectivity index (χ0v) is 7.64. The van der Waals surface area contributed by atoms with E-state index in [1.807, 2.05) is 13.0 Å². The van der Waals surface area contributed by atoms with Crippen LogP contribution in [0.25, 0.3) is 0 Å². The van der Waals surface area contributed by atoms with Gasteiger partial charge in [-0.2, -0.15) is 0 Å². The zero-order valence-electron chi connectivity index (χ0n) is 7.64. The fourth-order valence-electron chi connectivity index (χ4n) is 1.56. The standard InChI is InChI=1S/C9H13N3O/c1-7-4-9(11-6-10-7)12-3-2-8(13)5-12/h4,6,8,13H,2-3,5H2,1H3. The lowest BCUT2D eigenvalue weighted by Crippen LogP contribution is -2.22. The Bertz CT molecular complexity index is 303. The summed E-state index contributed by atoms with van der Waals surface area (Å²) in [6.45, 7) is 3.52. The Morgan fingerprint density at radius 1 is 1.54 bits per heavy atom. The van der Waals surface area contributed by atoms with E-state index in [-0.39, 0.29) is 6.10 Å². The molecule has 0 aliphatic carbocycles. The van der Waals surface area contributed by atoms with E-state index >= 15 is 0 Å². The van der Waals surface area contributed by atoms with Crippen LogP contribution < -0.4 is 4.90 Å². The third-order valence-corrected chi connectivity index (χ3v) is 2.28. The molecular formula is C9H13N3O. The third-order valence-electron chi connectivity index (χ3n) is 2.28. The maximum atomic E-state index is 9.35. The van der Waals surface area contributed by atoms with Gasteiger partial charge in [-0.25, -0.2) is 9.97 Å². The Hall–Kier alpha value is -1.16. The molecule has 1 unspecified atom stereocenters. The summed E-state index contributed by atoms with van der Waals surface area (Å²) >= 11 is 0. The minimum absolute atomic E-state index is 0.199. The van der Waals surface area contributed by atoms with Crippen molar-refractivity contribution in [3.05, 3.63) is 18.1 Å². The molecule has 13 heavy (non-hydrogen) atoms. The number of aliphatic hydroxyl groups excluding tert-OH is 1. The Kier molecular flexibility index (Phi) is 2.14. The molecule has 0 aromatic carbocycles. The number of β-amino-alcohol motifs (C(OH)–C–C–N with tert-alkyl or cyclic N) is 1. The Balaban J connectivity index is 2.16. The van der Waals surface area contributed by atoms with Crippen molar-refractivity contribution in [1.29, 1.82) is 0 Å². The van der Waals surface area contributed by atoms with Gasteiger partial charge in [-0.1, -0.05) is 0 Å². The number of aliphatic hydroxyl groups is 1. The van der Waals surface area contributed by atoms with E-state index in [2.05, 4.69) is 14.9 Å². The monoisotopic (exact) mass is 179 g/mol. The Morgan fingerprint density at radius 3 is 3.00 bits per heavy atom. The van der Waals surface area contributed by atoms with E-state index in [1.54, 1.807) is 6.33 Å². The molecule has 4 nitrogen and oxygen atoms in total. The number of rotatable bonds is 1. The van der Waals surface area contributed by atoms with Gasteiger partial charge in [0.15, 0.2) is 0 Å². The van der Waals surface area contributed by atoms with Crippen LogP contribution in [0.2, 0.25) is 0 Å². The maximum Gasteiger partial charge on any atom is 0.132 e. The predicted molar refractivity (Wildman–Crippen MR) is 49.6 cm³/mol. The molecule has 0 saturated carbocycles. The number of aryl methyl sites for hydroxylation is 1. The van der Waals surface area contributed by atoms with Gasteiger partial charge in [0.05, 0.1) is 6.10 Å². The van der Waals surface area contributed by atoms with Gasteiger partial charge in [0, 0.05) is 24.8 Å². The molecular weight excluding hydrogens is 166 g/mol. The van der Waals surface area contributed by atoms with Crippen molar-refractivity contribution in [2.45, 2.75) is 19.4 Å². The van der Waals surface area contributed by atoms with Crippen molar-refractivity contribution < 1.29 is 5.11 Å². The second-order valence-electron chi connectivity index (χ2n) is 3.41. The Labute approximate surface area is 77.2 Å². The van der Waals surface area contributed by atoms with Crippen LogP contribution in [0, 0.1) is 6.92 Å². The Morgan fingerprint density at radius 2 is 2.38 bits per heavy atom. The molecule has 1 fully saturated rings. The molecule has 0 radical (unpaired) electrons. The van der Waals surface area contributed by atoms with Gasteiger partial charge in [-0.3, -0.25) is 0 Å². The highest BCUT2D eigenvalue weighted by molar-refractivity contribution is 5.39. The lowest BCUT2D eigenvalue weighted by molar-refractivity contribution is 0.198. The number of nitrogens with zero attached hydrogens (tertiary/aromatic N) is 3. The molecule has 1 aliphatic heterocycles. The molecule has 4 heteroatoms. The summed E-state index contributed by atoms with van der Waals surface area (Å²) in [6.07, 6.45) is 2.20. The van der Waals surface area contributed by atoms with E-state index in [4.69, 9.17) is 0 Å².